The summed E-state index contributed by atoms with van der Waals surface area (Å²) >= 11 is 1.59. The molecule has 2 atom stereocenters. The smallest absolute Gasteiger partial charge is 0.310 e. The minimum Gasteiger partial charge on any atom is -0.481 e. The summed E-state index contributed by atoms with van der Waals surface area (Å²) < 4.78 is 1.98. The van der Waals surface area contributed by atoms with Gasteiger partial charge in [-0.15, -0.1) is 11.3 Å². The van der Waals surface area contributed by atoms with E-state index in [9.17, 15) is 9.90 Å². The average Bonchev–Trinajstić information content (AvgIpc) is 2.67. The van der Waals surface area contributed by atoms with Crippen LogP contribution in [0, 0.1) is 17.3 Å². The van der Waals surface area contributed by atoms with Gasteiger partial charge in [-0.1, -0.05) is 0 Å². The zero-order chi connectivity index (χ0) is 12.3. The number of hydrogen-bond donors (Lipinski definition) is 1. The van der Waals surface area contributed by atoms with Gasteiger partial charge in [0.05, 0.1) is 11.1 Å². The second-order valence-electron chi connectivity index (χ2n) is 5.75. The molecule has 5 heteroatoms. The van der Waals surface area contributed by atoms with E-state index in [0.717, 1.165) is 23.5 Å². The number of nitrogens with zero attached hydrogens (tertiary/aromatic N) is 2. The predicted molar refractivity (Wildman–Crippen MR) is 67.7 cm³/mol. The molecule has 0 amide bonds. The number of thiazole rings is 1. The molecule has 2 fully saturated rings. The molecule has 0 aromatic carbocycles. The first-order chi connectivity index (χ1) is 8.66. The molecule has 0 spiro atoms. The number of rotatable bonds is 3. The van der Waals surface area contributed by atoms with Gasteiger partial charge in [0.1, 0.15) is 0 Å². The largest absolute Gasteiger partial charge is 0.481 e. The first-order valence-corrected chi connectivity index (χ1v) is 7.19. The van der Waals surface area contributed by atoms with E-state index in [1.54, 1.807) is 11.3 Å². The molecule has 1 N–H and O–H groups in total. The molecule has 0 saturated heterocycles. The summed E-state index contributed by atoms with van der Waals surface area (Å²) in [7, 11) is 0. The molecule has 2 aromatic heterocycles. The van der Waals surface area contributed by atoms with Crippen molar-refractivity contribution in [2.24, 2.45) is 17.3 Å². The highest BCUT2D eigenvalue weighted by molar-refractivity contribution is 7.15. The van der Waals surface area contributed by atoms with Gasteiger partial charge in [0.2, 0.25) is 0 Å². The zero-order valence-electron chi connectivity index (χ0n) is 9.87. The maximum atomic E-state index is 11.6. The van der Waals surface area contributed by atoms with Crippen molar-refractivity contribution in [2.45, 2.75) is 25.7 Å². The van der Waals surface area contributed by atoms with Crippen LogP contribution in [0.15, 0.2) is 17.8 Å². The highest BCUT2D eigenvalue weighted by atomic mass is 32.1. The molecule has 0 bridgehead atoms. The van der Waals surface area contributed by atoms with E-state index < -0.39 is 11.4 Å². The molecule has 4 rings (SSSR count). The van der Waals surface area contributed by atoms with E-state index in [2.05, 4.69) is 4.98 Å². The van der Waals surface area contributed by atoms with Crippen molar-refractivity contribution in [3.05, 3.63) is 23.5 Å². The number of fused-ring (bicyclic) bond motifs is 2. The second-order valence-corrected chi connectivity index (χ2v) is 6.62. The second kappa shape index (κ2) is 3.35. The Bertz CT molecular complexity index is 591. The molecule has 2 aliphatic carbocycles. The van der Waals surface area contributed by atoms with Gasteiger partial charge in [0.25, 0.3) is 0 Å². The molecule has 2 heterocycles. The molecule has 2 aliphatic rings. The van der Waals surface area contributed by atoms with Crippen molar-refractivity contribution in [3.63, 3.8) is 0 Å². The predicted octanol–water partition coefficient (Wildman–Crippen LogP) is 2.44. The molecule has 18 heavy (non-hydrogen) atoms. The lowest BCUT2D eigenvalue weighted by atomic mass is 9.79. The number of carboxylic acids is 1. The van der Waals surface area contributed by atoms with Crippen molar-refractivity contribution >= 4 is 22.3 Å². The number of imidazole rings is 1. The summed E-state index contributed by atoms with van der Waals surface area (Å²) in [6.07, 6.45) is 7.46. The summed E-state index contributed by atoms with van der Waals surface area (Å²) in [6.45, 7) is 0. The quantitative estimate of drug-likeness (QED) is 0.924. The van der Waals surface area contributed by atoms with Crippen molar-refractivity contribution in [2.75, 3.05) is 0 Å². The summed E-state index contributed by atoms with van der Waals surface area (Å²) in [5.74, 6) is 0.709. The van der Waals surface area contributed by atoms with Crippen LogP contribution in [0.3, 0.4) is 0 Å². The minimum absolute atomic E-state index is 0.544. The van der Waals surface area contributed by atoms with Gasteiger partial charge in [-0.3, -0.25) is 9.20 Å². The lowest BCUT2D eigenvalue weighted by Crippen LogP contribution is -2.32. The highest BCUT2D eigenvalue weighted by Crippen LogP contribution is 2.60. The molecule has 2 aromatic rings. The Morgan fingerprint density at radius 1 is 1.56 bits per heavy atom. The Morgan fingerprint density at radius 2 is 2.33 bits per heavy atom. The van der Waals surface area contributed by atoms with E-state index in [4.69, 9.17) is 0 Å². The number of carbonyl (C=O) groups is 1. The summed E-state index contributed by atoms with van der Waals surface area (Å²) in [6, 6.07) is 0. The minimum atomic E-state index is -0.633. The van der Waals surface area contributed by atoms with Gasteiger partial charge < -0.3 is 5.11 Å². The fourth-order valence-electron chi connectivity index (χ4n) is 3.50. The fraction of sp³-hybridized carbons (Fsp3) is 0.538. The van der Waals surface area contributed by atoms with Crippen LogP contribution >= 0.6 is 11.3 Å². The third-order valence-corrected chi connectivity index (χ3v) is 5.26. The summed E-state index contributed by atoms with van der Waals surface area (Å²) in [5, 5.41) is 11.5. The fourth-order valence-corrected chi connectivity index (χ4v) is 4.22. The van der Waals surface area contributed by atoms with Crippen LogP contribution in [0.5, 0.6) is 0 Å². The maximum absolute atomic E-state index is 11.6. The van der Waals surface area contributed by atoms with Gasteiger partial charge in [0, 0.05) is 24.2 Å². The monoisotopic (exact) mass is 262 g/mol. The topological polar surface area (TPSA) is 54.6 Å². The first kappa shape index (κ1) is 10.6. The van der Waals surface area contributed by atoms with Crippen LogP contribution in [0.4, 0.5) is 0 Å². The van der Waals surface area contributed by atoms with Crippen molar-refractivity contribution in [3.8, 4) is 0 Å². The Labute approximate surface area is 108 Å². The average molecular weight is 262 g/mol. The van der Waals surface area contributed by atoms with Crippen LogP contribution in [-0.4, -0.2) is 20.5 Å². The molecule has 4 nitrogen and oxygen atoms in total. The zero-order valence-corrected chi connectivity index (χ0v) is 10.7. The Kier molecular flexibility index (Phi) is 1.96. The van der Waals surface area contributed by atoms with E-state index in [0.29, 0.717) is 18.3 Å². The van der Waals surface area contributed by atoms with Gasteiger partial charge in [0.15, 0.2) is 4.96 Å². The number of aromatic nitrogens is 2. The Balaban J connectivity index is 1.65. The third-order valence-electron chi connectivity index (χ3n) is 4.49. The van der Waals surface area contributed by atoms with E-state index in [1.807, 2.05) is 22.2 Å². The van der Waals surface area contributed by atoms with Crippen LogP contribution < -0.4 is 0 Å². The Morgan fingerprint density at radius 3 is 3.00 bits per heavy atom. The molecule has 2 unspecified atom stereocenters. The molecular weight excluding hydrogens is 248 g/mol. The summed E-state index contributed by atoms with van der Waals surface area (Å²) in [4.78, 5) is 17.1. The van der Waals surface area contributed by atoms with Crippen LogP contribution in [0.2, 0.25) is 0 Å². The molecule has 0 aliphatic heterocycles. The summed E-state index contributed by atoms with van der Waals surface area (Å²) in [5.41, 5.74) is 0.378. The molecular formula is C13H14N2O2S. The maximum Gasteiger partial charge on any atom is 0.310 e. The van der Waals surface area contributed by atoms with Gasteiger partial charge in [-0.05, 0) is 31.1 Å². The number of aliphatic carboxylic acids is 1. The van der Waals surface area contributed by atoms with Crippen LogP contribution in [0.1, 0.15) is 25.0 Å². The lowest BCUT2D eigenvalue weighted by molar-refractivity contribution is -0.149. The Hall–Kier alpha value is -1.36. The van der Waals surface area contributed by atoms with Gasteiger partial charge in [-0.25, -0.2) is 4.98 Å². The van der Waals surface area contributed by atoms with E-state index in [-0.39, 0.29) is 0 Å². The first-order valence-electron chi connectivity index (χ1n) is 6.31. The standard InChI is InChI=1S/C13H14N2O2S/c16-11(17)13(4-8-3-9(8)5-13)6-10-7-15-1-2-18-12(15)14-10/h1-2,7-9H,3-6H2,(H,16,17). The number of carboxylic acid groups (broad SMARTS) is 1. The highest BCUT2D eigenvalue weighted by Gasteiger charge is 2.57. The lowest BCUT2D eigenvalue weighted by Gasteiger charge is -2.24. The molecule has 94 valence electrons. The van der Waals surface area contributed by atoms with E-state index >= 15 is 0 Å². The van der Waals surface area contributed by atoms with Gasteiger partial charge >= 0.3 is 5.97 Å². The molecule has 2 saturated carbocycles. The normalized spacial score (nSPS) is 33.8. The number of hydrogen-bond acceptors (Lipinski definition) is 3. The van der Waals surface area contributed by atoms with Crippen molar-refractivity contribution in [1.29, 1.82) is 0 Å². The van der Waals surface area contributed by atoms with Crippen LogP contribution in [0.25, 0.3) is 4.96 Å². The van der Waals surface area contributed by atoms with Crippen molar-refractivity contribution < 1.29 is 9.90 Å². The van der Waals surface area contributed by atoms with Crippen LogP contribution in [-0.2, 0) is 11.2 Å². The molecule has 0 radical (unpaired) electrons. The van der Waals surface area contributed by atoms with E-state index in [1.165, 1.54) is 6.42 Å². The van der Waals surface area contributed by atoms with Gasteiger partial charge in [-0.2, -0.15) is 0 Å². The third kappa shape index (κ3) is 1.43. The SMILES string of the molecule is O=C(O)C1(Cc2cn3ccsc3n2)CC2CC2C1. The van der Waals surface area contributed by atoms with Crippen molar-refractivity contribution in [1.82, 2.24) is 9.38 Å².